The molecule has 0 aliphatic carbocycles. The molecule has 0 aromatic heterocycles. The van der Waals surface area contributed by atoms with Gasteiger partial charge in [0.2, 0.25) is 5.91 Å². The molecule has 0 bridgehead atoms. The second-order valence-electron chi connectivity index (χ2n) is 6.41. The number of alkyl carbamates (subject to hydrolysis) is 1. The van der Waals surface area contributed by atoms with Crippen LogP contribution in [0.2, 0.25) is 0 Å². The second kappa shape index (κ2) is 8.50. The Morgan fingerprint density at radius 1 is 1.22 bits per heavy atom. The van der Waals surface area contributed by atoms with Gasteiger partial charge >= 0.3 is 6.09 Å². The van der Waals surface area contributed by atoms with Crippen molar-refractivity contribution >= 4 is 12.0 Å². The summed E-state index contributed by atoms with van der Waals surface area (Å²) in [5, 5.41) is 2.62. The van der Waals surface area contributed by atoms with Crippen molar-refractivity contribution in [3.8, 4) is 0 Å². The van der Waals surface area contributed by atoms with Gasteiger partial charge in [-0.15, -0.1) is 0 Å². The summed E-state index contributed by atoms with van der Waals surface area (Å²) in [6.07, 6.45) is 0.379. The second-order valence-corrected chi connectivity index (χ2v) is 6.41. The summed E-state index contributed by atoms with van der Waals surface area (Å²) in [6.45, 7) is 6.19. The Kier molecular flexibility index (Phi) is 7.00. The smallest absolute Gasteiger partial charge is 0.407 e. The standard InChI is InChI=1S/C17H25FN2O3/c1-17(2,3)23-16(22)19-11-5-6-15(21)20(4)12-13-7-9-14(18)10-8-13/h7-10H,5-6,11-12H2,1-4H3,(H,19,22). The van der Waals surface area contributed by atoms with Crippen molar-refractivity contribution < 1.29 is 18.7 Å². The van der Waals surface area contributed by atoms with E-state index in [0.717, 1.165) is 5.56 Å². The zero-order valence-corrected chi connectivity index (χ0v) is 14.2. The molecule has 0 radical (unpaired) electrons. The van der Waals surface area contributed by atoms with Crippen LogP contribution in [0.15, 0.2) is 24.3 Å². The van der Waals surface area contributed by atoms with Crippen molar-refractivity contribution in [2.75, 3.05) is 13.6 Å². The van der Waals surface area contributed by atoms with Gasteiger partial charge in [-0.3, -0.25) is 4.79 Å². The molecule has 0 spiro atoms. The summed E-state index contributed by atoms with van der Waals surface area (Å²) < 4.78 is 17.9. The van der Waals surface area contributed by atoms with E-state index in [1.807, 2.05) is 0 Å². The molecule has 128 valence electrons. The van der Waals surface area contributed by atoms with Crippen LogP contribution in [-0.2, 0) is 16.1 Å². The SMILES string of the molecule is CN(Cc1ccc(F)cc1)C(=O)CCCNC(=O)OC(C)(C)C. The number of nitrogens with zero attached hydrogens (tertiary/aromatic N) is 1. The van der Waals surface area contributed by atoms with Crippen molar-refractivity contribution in [1.82, 2.24) is 10.2 Å². The molecule has 0 unspecified atom stereocenters. The molecule has 0 heterocycles. The fourth-order valence-corrected chi connectivity index (χ4v) is 1.89. The van der Waals surface area contributed by atoms with Crippen molar-refractivity contribution in [3.63, 3.8) is 0 Å². The number of hydrogen-bond donors (Lipinski definition) is 1. The Morgan fingerprint density at radius 3 is 2.39 bits per heavy atom. The first-order chi connectivity index (χ1) is 10.7. The van der Waals surface area contributed by atoms with Gasteiger partial charge in [-0.1, -0.05) is 12.1 Å². The molecule has 0 saturated heterocycles. The first kappa shape index (κ1) is 18.9. The molecule has 1 aromatic carbocycles. The number of benzene rings is 1. The molecule has 1 N–H and O–H groups in total. The fourth-order valence-electron chi connectivity index (χ4n) is 1.89. The first-order valence-corrected chi connectivity index (χ1v) is 7.62. The van der Waals surface area contributed by atoms with Crippen LogP contribution in [0.5, 0.6) is 0 Å². The lowest BCUT2D eigenvalue weighted by Crippen LogP contribution is -2.33. The maximum Gasteiger partial charge on any atom is 0.407 e. The third kappa shape index (κ3) is 8.18. The highest BCUT2D eigenvalue weighted by Crippen LogP contribution is 2.08. The number of hydrogen-bond acceptors (Lipinski definition) is 3. The molecule has 1 aromatic rings. The van der Waals surface area contributed by atoms with Crippen molar-refractivity contribution in [3.05, 3.63) is 35.6 Å². The van der Waals surface area contributed by atoms with E-state index in [0.29, 0.717) is 25.9 Å². The first-order valence-electron chi connectivity index (χ1n) is 7.62. The summed E-state index contributed by atoms with van der Waals surface area (Å²) in [4.78, 5) is 25.0. The lowest BCUT2D eigenvalue weighted by atomic mass is 10.2. The lowest BCUT2D eigenvalue weighted by Gasteiger charge is -2.20. The molecule has 0 fully saturated rings. The predicted octanol–water partition coefficient (Wildman–Crippen LogP) is 3.09. The summed E-state index contributed by atoms with van der Waals surface area (Å²) in [6, 6.07) is 6.06. The van der Waals surface area contributed by atoms with Crippen LogP contribution in [0.1, 0.15) is 39.2 Å². The average Bonchev–Trinajstić information content (AvgIpc) is 2.44. The zero-order valence-electron chi connectivity index (χ0n) is 14.2. The van der Waals surface area contributed by atoms with E-state index in [1.54, 1.807) is 44.9 Å². The Hall–Kier alpha value is -2.11. The van der Waals surface area contributed by atoms with E-state index in [2.05, 4.69) is 5.32 Å². The van der Waals surface area contributed by atoms with Crippen LogP contribution in [0, 0.1) is 5.82 Å². The van der Waals surface area contributed by atoms with Gasteiger partial charge in [0, 0.05) is 26.6 Å². The number of rotatable bonds is 6. The maximum absolute atomic E-state index is 12.8. The number of halogens is 1. The van der Waals surface area contributed by atoms with Crippen molar-refractivity contribution in [1.29, 1.82) is 0 Å². The molecule has 0 aliphatic rings. The molecule has 0 aliphatic heterocycles. The van der Waals surface area contributed by atoms with Gasteiger partial charge in [-0.05, 0) is 44.9 Å². The Balaban J connectivity index is 2.25. The van der Waals surface area contributed by atoms with Crippen molar-refractivity contribution in [2.45, 2.75) is 45.8 Å². The van der Waals surface area contributed by atoms with Gasteiger partial charge in [0.15, 0.2) is 0 Å². The summed E-state index contributed by atoms with van der Waals surface area (Å²) in [5.74, 6) is -0.323. The van der Waals surface area contributed by atoms with Crippen LogP contribution >= 0.6 is 0 Å². The summed E-state index contributed by atoms with van der Waals surface area (Å²) in [5.41, 5.74) is 0.337. The molecule has 0 atom stereocenters. The van der Waals surface area contributed by atoms with Gasteiger partial charge < -0.3 is 15.0 Å². The number of ether oxygens (including phenoxy) is 1. The largest absolute Gasteiger partial charge is 0.444 e. The lowest BCUT2D eigenvalue weighted by molar-refractivity contribution is -0.130. The topological polar surface area (TPSA) is 58.6 Å². The van der Waals surface area contributed by atoms with E-state index in [9.17, 15) is 14.0 Å². The Bertz CT molecular complexity index is 524. The van der Waals surface area contributed by atoms with E-state index in [1.165, 1.54) is 12.1 Å². The minimum Gasteiger partial charge on any atom is -0.444 e. The minimum atomic E-state index is -0.532. The van der Waals surface area contributed by atoms with Gasteiger partial charge in [0.05, 0.1) is 0 Å². The number of nitrogens with one attached hydrogen (secondary N) is 1. The Labute approximate surface area is 136 Å². The van der Waals surface area contributed by atoms with Gasteiger partial charge in [0.1, 0.15) is 11.4 Å². The molecule has 5 nitrogen and oxygen atoms in total. The fraction of sp³-hybridized carbons (Fsp3) is 0.529. The van der Waals surface area contributed by atoms with E-state index in [-0.39, 0.29) is 11.7 Å². The predicted molar refractivity (Wildman–Crippen MR) is 86.3 cm³/mol. The highest BCUT2D eigenvalue weighted by Gasteiger charge is 2.15. The molecular weight excluding hydrogens is 299 g/mol. The molecule has 2 amide bonds. The van der Waals surface area contributed by atoms with E-state index < -0.39 is 11.7 Å². The maximum atomic E-state index is 12.8. The highest BCUT2D eigenvalue weighted by atomic mass is 19.1. The van der Waals surface area contributed by atoms with Crippen LogP contribution in [-0.4, -0.2) is 36.1 Å². The summed E-state index contributed by atoms with van der Waals surface area (Å²) >= 11 is 0. The number of carbonyl (C=O) groups excluding carboxylic acids is 2. The van der Waals surface area contributed by atoms with Gasteiger partial charge in [-0.2, -0.15) is 0 Å². The molecule has 6 heteroatoms. The van der Waals surface area contributed by atoms with Crippen LogP contribution < -0.4 is 5.32 Å². The summed E-state index contributed by atoms with van der Waals surface area (Å²) in [7, 11) is 1.70. The molecule has 23 heavy (non-hydrogen) atoms. The highest BCUT2D eigenvalue weighted by molar-refractivity contribution is 5.76. The van der Waals surface area contributed by atoms with E-state index in [4.69, 9.17) is 4.74 Å². The number of carbonyl (C=O) groups is 2. The van der Waals surface area contributed by atoms with Crippen LogP contribution in [0.4, 0.5) is 9.18 Å². The minimum absolute atomic E-state index is 0.0275. The molecule has 1 rings (SSSR count). The Morgan fingerprint density at radius 2 is 1.83 bits per heavy atom. The van der Waals surface area contributed by atoms with E-state index >= 15 is 0 Å². The van der Waals surface area contributed by atoms with Gasteiger partial charge in [0.25, 0.3) is 0 Å². The number of amides is 2. The molecular formula is C17H25FN2O3. The zero-order chi connectivity index (χ0) is 17.5. The van der Waals surface area contributed by atoms with Crippen molar-refractivity contribution in [2.24, 2.45) is 0 Å². The van der Waals surface area contributed by atoms with Gasteiger partial charge in [-0.25, -0.2) is 9.18 Å². The average molecular weight is 324 g/mol. The third-order valence-corrected chi connectivity index (χ3v) is 2.99. The molecule has 0 saturated carbocycles. The van der Waals surface area contributed by atoms with Crippen LogP contribution in [0.25, 0.3) is 0 Å². The third-order valence-electron chi connectivity index (χ3n) is 2.99. The monoisotopic (exact) mass is 324 g/mol. The van der Waals surface area contributed by atoms with Crippen LogP contribution in [0.3, 0.4) is 0 Å². The quantitative estimate of drug-likeness (QED) is 0.818. The normalized spacial score (nSPS) is 11.0.